The van der Waals surface area contributed by atoms with Crippen LogP contribution in [0.4, 0.5) is 0 Å². The lowest BCUT2D eigenvalue weighted by molar-refractivity contribution is 0.124. The molecule has 0 aromatic heterocycles. The molecule has 0 spiro atoms. The molecule has 2 aliphatic heterocycles. The van der Waals surface area contributed by atoms with E-state index in [2.05, 4.69) is 22.6 Å². The standard InChI is InChI=1S/C14H24N2/c1-3-7-13(2)16-11-6-10-15-9-5-4-8-14(15)12-16/h1,13-14H,4-12H2,2H3. The van der Waals surface area contributed by atoms with Crippen LogP contribution in [0, 0.1) is 12.3 Å². The molecule has 0 saturated carbocycles. The van der Waals surface area contributed by atoms with Gasteiger partial charge in [0.1, 0.15) is 0 Å². The van der Waals surface area contributed by atoms with Gasteiger partial charge < -0.3 is 0 Å². The Morgan fingerprint density at radius 3 is 2.88 bits per heavy atom. The summed E-state index contributed by atoms with van der Waals surface area (Å²) in [7, 11) is 0. The molecule has 2 nitrogen and oxygen atoms in total. The lowest BCUT2D eigenvalue weighted by Crippen LogP contribution is -2.45. The van der Waals surface area contributed by atoms with Crippen molar-refractivity contribution in [3.05, 3.63) is 0 Å². The topological polar surface area (TPSA) is 6.48 Å². The molecular weight excluding hydrogens is 196 g/mol. The van der Waals surface area contributed by atoms with E-state index in [0.29, 0.717) is 6.04 Å². The van der Waals surface area contributed by atoms with Crippen LogP contribution in [0.1, 0.15) is 39.0 Å². The smallest absolute Gasteiger partial charge is 0.0240 e. The van der Waals surface area contributed by atoms with Gasteiger partial charge in [0.25, 0.3) is 0 Å². The van der Waals surface area contributed by atoms with E-state index in [4.69, 9.17) is 6.42 Å². The van der Waals surface area contributed by atoms with Crippen molar-refractivity contribution in [1.29, 1.82) is 0 Å². The zero-order chi connectivity index (χ0) is 11.4. The molecule has 2 fully saturated rings. The fraction of sp³-hybridized carbons (Fsp3) is 0.857. The number of hydrogen-bond acceptors (Lipinski definition) is 2. The summed E-state index contributed by atoms with van der Waals surface area (Å²) in [6, 6.07) is 1.36. The van der Waals surface area contributed by atoms with E-state index in [9.17, 15) is 0 Å². The normalized spacial score (nSPS) is 30.1. The molecule has 2 aliphatic rings. The third-order valence-electron chi connectivity index (χ3n) is 4.12. The maximum atomic E-state index is 5.42. The lowest BCUT2D eigenvalue weighted by Gasteiger charge is -2.36. The second-order valence-corrected chi connectivity index (χ2v) is 5.29. The third-order valence-corrected chi connectivity index (χ3v) is 4.12. The van der Waals surface area contributed by atoms with Gasteiger partial charge in [-0.3, -0.25) is 9.80 Å². The first-order valence-electron chi connectivity index (χ1n) is 6.73. The van der Waals surface area contributed by atoms with Crippen LogP contribution < -0.4 is 0 Å². The van der Waals surface area contributed by atoms with Gasteiger partial charge in [-0.1, -0.05) is 6.42 Å². The van der Waals surface area contributed by atoms with Crippen LogP contribution in [0.3, 0.4) is 0 Å². The first kappa shape index (κ1) is 12.0. The van der Waals surface area contributed by atoms with E-state index < -0.39 is 0 Å². The molecule has 90 valence electrons. The van der Waals surface area contributed by atoms with Crippen molar-refractivity contribution in [2.45, 2.75) is 51.1 Å². The first-order valence-corrected chi connectivity index (χ1v) is 6.73. The monoisotopic (exact) mass is 220 g/mol. The maximum absolute atomic E-state index is 5.42. The maximum Gasteiger partial charge on any atom is 0.0240 e. The third kappa shape index (κ3) is 2.78. The SMILES string of the molecule is C#CCC(C)N1CCCN2CCCCC2C1. The van der Waals surface area contributed by atoms with Crippen LogP contribution in [0.2, 0.25) is 0 Å². The van der Waals surface area contributed by atoms with Crippen molar-refractivity contribution in [2.75, 3.05) is 26.2 Å². The molecule has 0 bridgehead atoms. The minimum absolute atomic E-state index is 0.562. The van der Waals surface area contributed by atoms with E-state index in [1.54, 1.807) is 0 Å². The molecule has 0 aliphatic carbocycles. The van der Waals surface area contributed by atoms with Gasteiger partial charge in [-0.15, -0.1) is 12.3 Å². The Hall–Kier alpha value is -0.520. The van der Waals surface area contributed by atoms with Crippen LogP contribution in [0.15, 0.2) is 0 Å². The van der Waals surface area contributed by atoms with Crippen molar-refractivity contribution in [1.82, 2.24) is 9.80 Å². The van der Waals surface area contributed by atoms with Gasteiger partial charge in [0.2, 0.25) is 0 Å². The summed E-state index contributed by atoms with van der Waals surface area (Å²) in [6.07, 6.45) is 11.8. The summed E-state index contributed by atoms with van der Waals surface area (Å²) in [5.41, 5.74) is 0. The van der Waals surface area contributed by atoms with Gasteiger partial charge in [0, 0.05) is 25.0 Å². The molecule has 2 saturated heterocycles. The highest BCUT2D eigenvalue weighted by Crippen LogP contribution is 2.22. The van der Waals surface area contributed by atoms with E-state index in [1.807, 2.05) is 0 Å². The predicted molar refractivity (Wildman–Crippen MR) is 68.3 cm³/mol. The second-order valence-electron chi connectivity index (χ2n) is 5.29. The summed E-state index contributed by atoms with van der Waals surface area (Å²) < 4.78 is 0. The molecular formula is C14H24N2. The quantitative estimate of drug-likeness (QED) is 0.656. The molecule has 2 heteroatoms. The molecule has 2 unspecified atom stereocenters. The first-order chi connectivity index (χ1) is 7.81. The molecule has 0 aromatic rings. The van der Waals surface area contributed by atoms with Gasteiger partial charge in [0.15, 0.2) is 0 Å². The van der Waals surface area contributed by atoms with E-state index in [0.717, 1.165) is 12.5 Å². The van der Waals surface area contributed by atoms with Crippen LogP contribution in [-0.2, 0) is 0 Å². The van der Waals surface area contributed by atoms with Crippen LogP contribution in [-0.4, -0.2) is 48.1 Å². The minimum atomic E-state index is 0.562. The number of hydrogen-bond donors (Lipinski definition) is 0. The Labute approximate surface area is 100.0 Å². The summed E-state index contributed by atoms with van der Waals surface area (Å²) >= 11 is 0. The number of terminal acetylenes is 1. The second kappa shape index (κ2) is 5.70. The van der Waals surface area contributed by atoms with E-state index in [-0.39, 0.29) is 0 Å². The average Bonchev–Trinajstić information content (AvgIpc) is 2.51. The van der Waals surface area contributed by atoms with Crippen LogP contribution in [0.5, 0.6) is 0 Å². The average molecular weight is 220 g/mol. The molecule has 2 rings (SSSR count). The van der Waals surface area contributed by atoms with Crippen molar-refractivity contribution in [3.63, 3.8) is 0 Å². The number of rotatable bonds is 2. The fourth-order valence-corrected chi connectivity index (χ4v) is 3.10. The number of fused-ring (bicyclic) bond motifs is 1. The predicted octanol–water partition coefficient (Wildman–Crippen LogP) is 1.96. The molecule has 0 radical (unpaired) electrons. The summed E-state index contributed by atoms with van der Waals surface area (Å²) in [4.78, 5) is 5.31. The zero-order valence-electron chi connectivity index (χ0n) is 10.5. The molecule has 0 aromatic carbocycles. The highest BCUT2D eigenvalue weighted by atomic mass is 15.3. The van der Waals surface area contributed by atoms with Crippen molar-refractivity contribution >= 4 is 0 Å². The van der Waals surface area contributed by atoms with Crippen LogP contribution in [0.25, 0.3) is 0 Å². The Morgan fingerprint density at radius 2 is 2.06 bits per heavy atom. The lowest BCUT2D eigenvalue weighted by atomic mass is 10.0. The van der Waals surface area contributed by atoms with Crippen molar-refractivity contribution < 1.29 is 0 Å². The van der Waals surface area contributed by atoms with Gasteiger partial charge in [0.05, 0.1) is 0 Å². The van der Waals surface area contributed by atoms with Gasteiger partial charge in [-0.2, -0.15) is 0 Å². The van der Waals surface area contributed by atoms with E-state index >= 15 is 0 Å². The number of piperidine rings is 1. The Balaban J connectivity index is 1.94. The molecule has 0 amide bonds. The van der Waals surface area contributed by atoms with Gasteiger partial charge in [-0.25, -0.2) is 0 Å². The van der Waals surface area contributed by atoms with Gasteiger partial charge >= 0.3 is 0 Å². The highest BCUT2D eigenvalue weighted by Gasteiger charge is 2.28. The fourth-order valence-electron chi connectivity index (χ4n) is 3.10. The Bertz CT molecular complexity index is 256. The number of nitrogens with zero attached hydrogens (tertiary/aromatic N) is 2. The molecule has 2 atom stereocenters. The van der Waals surface area contributed by atoms with Crippen molar-refractivity contribution in [2.24, 2.45) is 0 Å². The van der Waals surface area contributed by atoms with Gasteiger partial charge in [-0.05, 0) is 45.8 Å². The summed E-state index contributed by atoms with van der Waals surface area (Å²) in [5, 5.41) is 0. The Morgan fingerprint density at radius 1 is 1.25 bits per heavy atom. The van der Waals surface area contributed by atoms with Crippen molar-refractivity contribution in [3.8, 4) is 12.3 Å². The molecule has 0 N–H and O–H groups in total. The summed E-state index contributed by atoms with van der Waals surface area (Å²) in [6.45, 7) is 7.36. The minimum Gasteiger partial charge on any atom is -0.299 e. The summed E-state index contributed by atoms with van der Waals surface area (Å²) in [5.74, 6) is 2.80. The Kier molecular flexibility index (Phi) is 4.26. The van der Waals surface area contributed by atoms with E-state index in [1.165, 1.54) is 51.9 Å². The zero-order valence-corrected chi connectivity index (χ0v) is 10.5. The molecule has 16 heavy (non-hydrogen) atoms. The van der Waals surface area contributed by atoms with Crippen LogP contribution >= 0.6 is 0 Å². The molecule has 2 heterocycles. The highest BCUT2D eigenvalue weighted by molar-refractivity contribution is 4.91. The largest absolute Gasteiger partial charge is 0.299 e.